The molecule has 0 aliphatic heterocycles. The molecule has 0 spiro atoms. The quantitative estimate of drug-likeness (QED) is 0.684. The smallest absolute Gasteiger partial charge is 0.388 e. The van der Waals surface area contributed by atoms with Gasteiger partial charge in [-0.05, 0) is 18.9 Å². The van der Waals surface area contributed by atoms with Gasteiger partial charge in [0.05, 0.1) is 6.20 Å². The fraction of sp³-hybridized carbons (Fsp3) is 0.125. The number of carbonyl (C=O) groups excluding carboxylic acids is 1. The summed E-state index contributed by atoms with van der Waals surface area (Å²) in [5, 5.41) is 0. The number of hydrogen-bond acceptors (Lipinski definition) is 3. The van der Waals surface area contributed by atoms with E-state index in [-0.39, 0.29) is 5.69 Å². The first kappa shape index (κ1) is 10.1. The van der Waals surface area contributed by atoms with Crippen molar-refractivity contribution in [3.8, 4) is 5.75 Å². The van der Waals surface area contributed by atoms with E-state index in [1.54, 1.807) is 0 Å². The summed E-state index contributed by atoms with van der Waals surface area (Å²) in [6.07, 6.45) is 1.09. The molecular weight excluding hydrogens is 194 g/mol. The van der Waals surface area contributed by atoms with Gasteiger partial charge in [-0.1, -0.05) is 0 Å². The molecule has 0 unspecified atom stereocenters. The van der Waals surface area contributed by atoms with Crippen molar-refractivity contribution in [1.29, 1.82) is 0 Å². The van der Waals surface area contributed by atoms with Gasteiger partial charge in [-0.25, -0.2) is 9.98 Å². The summed E-state index contributed by atoms with van der Waals surface area (Å²) in [6.45, 7) is -0.105. The molecule has 1 aromatic rings. The number of carbonyl (C=O) groups is 1. The molecule has 0 bridgehead atoms. The number of alkyl halides is 2. The van der Waals surface area contributed by atoms with E-state index >= 15 is 0 Å². The minimum absolute atomic E-state index is 0.362. The third-order valence-corrected chi connectivity index (χ3v) is 1.21. The van der Waals surface area contributed by atoms with Gasteiger partial charge in [0.1, 0.15) is 0 Å². The van der Waals surface area contributed by atoms with Gasteiger partial charge in [-0.2, -0.15) is 8.78 Å². The maximum absolute atomic E-state index is 11.8. The maximum Gasteiger partial charge on any atom is 0.388 e. The van der Waals surface area contributed by atoms with E-state index in [1.165, 1.54) is 0 Å². The second-order valence-corrected chi connectivity index (χ2v) is 2.05. The van der Waals surface area contributed by atoms with Gasteiger partial charge >= 0.3 is 6.61 Å². The zero-order chi connectivity index (χ0) is 10.6. The van der Waals surface area contributed by atoms with Crippen molar-refractivity contribution in [1.82, 2.24) is 4.98 Å². The molecule has 14 heavy (non-hydrogen) atoms. The van der Waals surface area contributed by atoms with Gasteiger partial charge in [0.15, 0.2) is 5.69 Å². The molecule has 4 nitrogen and oxygen atoms in total. The van der Waals surface area contributed by atoms with E-state index in [4.69, 9.17) is 0 Å². The molecule has 6 heteroatoms. The molecule has 0 saturated heterocycles. The summed E-state index contributed by atoms with van der Waals surface area (Å²) in [6, 6.07) is 4.46. The van der Waals surface area contributed by atoms with Gasteiger partial charge < -0.3 is 4.74 Å². The Hall–Kier alpha value is -2.03. The number of nitrogens with zero attached hydrogens (tertiary/aromatic N) is 2. The maximum atomic E-state index is 11.8. The highest BCUT2D eigenvalue weighted by Crippen LogP contribution is 2.15. The lowest BCUT2D eigenvalue weighted by atomic mass is 10.3. The molecule has 1 amide bonds. The Labute approximate surface area is 78.2 Å². The predicted octanol–water partition coefficient (Wildman–Crippen LogP) is 1.12. The van der Waals surface area contributed by atoms with E-state index in [0.29, 0.717) is 0 Å². The summed E-state index contributed by atoms with van der Waals surface area (Å²) < 4.78 is 27.6. The van der Waals surface area contributed by atoms with Crippen molar-refractivity contribution < 1.29 is 18.3 Å². The molecule has 1 aromatic heterocycles. The molecule has 0 atom stereocenters. The first-order valence-corrected chi connectivity index (χ1v) is 3.39. The second-order valence-electron chi connectivity index (χ2n) is 2.05. The highest BCUT2D eigenvalue weighted by Gasteiger charge is 2.15. The van der Waals surface area contributed by atoms with Crippen LogP contribution in [0.4, 0.5) is 8.78 Å². The lowest BCUT2D eigenvalue weighted by Crippen LogP contribution is -2.07. The molecule has 0 aliphatic carbocycles. The van der Waals surface area contributed by atoms with Crippen molar-refractivity contribution >= 4 is 12.6 Å². The topological polar surface area (TPSA) is 51.5 Å². The van der Waals surface area contributed by atoms with Crippen molar-refractivity contribution in [3.05, 3.63) is 24.0 Å². The summed E-state index contributed by atoms with van der Waals surface area (Å²) >= 11 is 0. The van der Waals surface area contributed by atoms with Gasteiger partial charge in [0, 0.05) is 0 Å². The van der Waals surface area contributed by atoms with Crippen molar-refractivity contribution in [3.63, 3.8) is 0 Å². The lowest BCUT2D eigenvalue weighted by Gasteiger charge is -2.03. The average molecular weight is 198 g/mol. The normalized spacial score (nSPS) is 9.36. The number of ether oxygens (including phenoxy) is 1. The molecule has 0 saturated carbocycles. The predicted molar refractivity (Wildman–Crippen MR) is 42.4 cm³/mol. The molecule has 1 rings (SSSR count). The number of aromatic nitrogens is 1. The molecule has 0 aliphatic rings. The fourth-order valence-electron chi connectivity index (χ4n) is 0.714. The first-order chi connectivity index (χ1) is 6.65. The van der Waals surface area contributed by atoms with Crippen molar-refractivity contribution in [2.75, 3.05) is 0 Å². The van der Waals surface area contributed by atoms with E-state index < -0.39 is 18.3 Å². The van der Waals surface area contributed by atoms with Crippen molar-refractivity contribution in [2.24, 2.45) is 4.99 Å². The van der Waals surface area contributed by atoms with Crippen LogP contribution < -0.4 is 4.74 Å². The Morgan fingerprint density at radius 3 is 3.00 bits per heavy atom. The molecule has 0 radical (unpaired) electrons. The van der Waals surface area contributed by atoms with E-state index in [0.717, 1.165) is 6.20 Å². The molecule has 0 aromatic carbocycles. The summed E-state index contributed by atoms with van der Waals surface area (Å²) in [5.41, 5.74) is -0.362. The average Bonchev–Trinajstić information content (AvgIpc) is 2.16. The zero-order valence-corrected chi connectivity index (χ0v) is 6.83. The highest BCUT2D eigenvalue weighted by molar-refractivity contribution is 5.97. The summed E-state index contributed by atoms with van der Waals surface area (Å²) in [5.74, 6) is -1.34. The number of amides is 1. The summed E-state index contributed by atoms with van der Waals surface area (Å²) in [7, 11) is 0. The van der Waals surface area contributed by atoms with Crippen LogP contribution in [-0.2, 0) is 0 Å². The zero-order valence-electron chi connectivity index (χ0n) is 6.83. The lowest BCUT2D eigenvalue weighted by molar-refractivity contribution is -0.0503. The first-order valence-electron chi connectivity index (χ1n) is 3.39. The minimum atomic E-state index is -3.06. The third-order valence-electron chi connectivity index (χ3n) is 1.21. The van der Waals surface area contributed by atoms with Crippen LogP contribution in [-0.4, -0.2) is 24.2 Å². The largest absolute Gasteiger partial charge is 0.424 e. The molecule has 1 heterocycles. The number of halogens is 2. The Morgan fingerprint density at radius 1 is 1.71 bits per heavy atom. The third kappa shape index (κ3) is 2.23. The van der Waals surface area contributed by atoms with E-state index in [1.807, 2.05) is 0 Å². The summed E-state index contributed by atoms with van der Waals surface area (Å²) in [4.78, 5) is 17.5. The van der Waals surface area contributed by atoms with Crippen LogP contribution in [0.15, 0.2) is 11.2 Å². The number of rotatable bonds is 3. The van der Waals surface area contributed by atoms with Crippen LogP contribution in [0.2, 0.25) is 0 Å². The number of aliphatic imine (C=N–C) groups is 1. The number of hydrogen-bond donors (Lipinski definition) is 0. The van der Waals surface area contributed by atoms with Crippen LogP contribution in [0.1, 0.15) is 10.5 Å². The molecule has 72 valence electrons. The Kier molecular flexibility index (Phi) is 3.07. The van der Waals surface area contributed by atoms with Crippen molar-refractivity contribution in [2.45, 2.75) is 6.61 Å². The minimum Gasteiger partial charge on any atom is -0.424 e. The Bertz CT molecular complexity index is 355. The molecular formula is C8H4F2N2O2. The fourth-order valence-corrected chi connectivity index (χ4v) is 0.714. The van der Waals surface area contributed by atoms with Gasteiger partial charge in [-0.3, -0.25) is 4.79 Å². The molecule has 0 fully saturated rings. The van der Waals surface area contributed by atoms with Gasteiger partial charge in [0.2, 0.25) is 5.75 Å². The van der Waals surface area contributed by atoms with Crippen LogP contribution >= 0.6 is 0 Å². The monoisotopic (exact) mass is 198 g/mol. The molecule has 0 N–H and O–H groups in total. The van der Waals surface area contributed by atoms with Crippen LogP contribution in [0, 0.1) is 12.1 Å². The highest BCUT2D eigenvalue weighted by atomic mass is 19.3. The van der Waals surface area contributed by atoms with E-state index in [9.17, 15) is 13.6 Å². The van der Waals surface area contributed by atoms with Crippen LogP contribution in [0.25, 0.3) is 0 Å². The Balaban J connectivity index is 3.02. The Morgan fingerprint density at radius 2 is 2.43 bits per heavy atom. The van der Waals surface area contributed by atoms with Crippen LogP contribution in [0.3, 0.4) is 0 Å². The standard InChI is InChI=1S/C8H4F2N2O2/c1-11-7(13)6-5(14-8(9)10)3-2-4-12-6/h4,8H,1H2. The van der Waals surface area contributed by atoms with Gasteiger partial charge in [0.25, 0.3) is 5.91 Å². The van der Waals surface area contributed by atoms with Crippen LogP contribution in [0.5, 0.6) is 5.75 Å². The SMILES string of the molecule is C=NC(=O)c1ncc#cc1OC(F)F. The second kappa shape index (κ2) is 4.28. The van der Waals surface area contributed by atoms with E-state index in [2.05, 4.69) is 33.6 Å². The van der Waals surface area contributed by atoms with Gasteiger partial charge in [-0.15, -0.1) is 0 Å².